The summed E-state index contributed by atoms with van der Waals surface area (Å²) in [6.07, 6.45) is 7.63. The predicted molar refractivity (Wildman–Crippen MR) is 136 cm³/mol. The monoisotopic (exact) mass is 448 g/mol. The number of hydrogen-bond donors (Lipinski definition) is 0. The van der Waals surface area contributed by atoms with Gasteiger partial charge in [0.2, 0.25) is 17.8 Å². The average Bonchev–Trinajstić information content (AvgIpc) is 2.85. The Hall–Kier alpha value is -3.29. The van der Waals surface area contributed by atoms with Crippen LogP contribution in [0.2, 0.25) is 0 Å². The van der Waals surface area contributed by atoms with E-state index in [0.29, 0.717) is 17.8 Å². The summed E-state index contributed by atoms with van der Waals surface area (Å²) in [4.78, 5) is 30.4. The molecule has 0 radical (unpaired) electrons. The Balaban J connectivity index is 2.19. The molecule has 33 heavy (non-hydrogen) atoms. The summed E-state index contributed by atoms with van der Waals surface area (Å²) in [5.41, 5.74) is 0. The molecule has 8 heteroatoms. The SMILES string of the molecule is CCCN(CCC)c1nc(N(CCC)CCC)nc(N(c2ccccn2)c2ccccn2)n1. The van der Waals surface area contributed by atoms with Gasteiger partial charge in [0.05, 0.1) is 0 Å². The third-order valence-corrected chi connectivity index (χ3v) is 5.10. The van der Waals surface area contributed by atoms with Gasteiger partial charge in [0.1, 0.15) is 11.6 Å². The fourth-order valence-corrected chi connectivity index (χ4v) is 3.72. The molecule has 0 amide bonds. The van der Waals surface area contributed by atoms with Crippen LogP contribution < -0.4 is 14.7 Å². The van der Waals surface area contributed by atoms with E-state index in [9.17, 15) is 0 Å². The molecule has 3 aromatic heterocycles. The number of rotatable bonds is 13. The summed E-state index contributed by atoms with van der Waals surface area (Å²) < 4.78 is 0. The van der Waals surface area contributed by atoms with Gasteiger partial charge >= 0.3 is 0 Å². The van der Waals surface area contributed by atoms with Crippen molar-refractivity contribution in [2.24, 2.45) is 0 Å². The van der Waals surface area contributed by atoms with Crippen LogP contribution in [-0.4, -0.2) is 51.1 Å². The number of nitrogens with zero attached hydrogens (tertiary/aromatic N) is 8. The molecule has 3 rings (SSSR count). The maximum absolute atomic E-state index is 4.95. The van der Waals surface area contributed by atoms with Crippen molar-refractivity contribution in [3.63, 3.8) is 0 Å². The first-order chi connectivity index (χ1) is 16.2. The van der Waals surface area contributed by atoms with Crippen molar-refractivity contribution in [3.8, 4) is 0 Å². The molecule has 176 valence electrons. The Labute approximate surface area is 197 Å². The molecule has 0 saturated carbocycles. The van der Waals surface area contributed by atoms with Crippen LogP contribution in [0.3, 0.4) is 0 Å². The molecule has 8 nitrogen and oxygen atoms in total. The lowest BCUT2D eigenvalue weighted by atomic mass is 10.3. The predicted octanol–water partition coefficient (Wildman–Crippen LogP) is 5.38. The third kappa shape index (κ3) is 6.37. The standard InChI is InChI=1S/C25H36N8/c1-5-17-31(18-6-2)23-28-24(32(19-7-3)20-8-4)30-25(29-23)33(21-13-9-11-15-26-21)22-14-10-12-16-27-22/h9-16H,5-8,17-20H2,1-4H3. The molecular formula is C25H36N8. The van der Waals surface area contributed by atoms with E-state index >= 15 is 0 Å². The zero-order valence-corrected chi connectivity index (χ0v) is 20.4. The molecule has 0 aromatic carbocycles. The van der Waals surface area contributed by atoms with E-state index in [-0.39, 0.29) is 0 Å². The largest absolute Gasteiger partial charge is 0.341 e. The summed E-state index contributed by atoms with van der Waals surface area (Å²) in [6.45, 7) is 12.3. The lowest BCUT2D eigenvalue weighted by Gasteiger charge is -2.28. The molecule has 0 unspecified atom stereocenters. The van der Waals surface area contributed by atoms with Gasteiger partial charge < -0.3 is 9.80 Å². The van der Waals surface area contributed by atoms with Crippen molar-refractivity contribution in [2.75, 3.05) is 40.9 Å². The maximum Gasteiger partial charge on any atom is 0.243 e. The van der Waals surface area contributed by atoms with Gasteiger partial charge in [0.15, 0.2) is 0 Å². The quantitative estimate of drug-likeness (QED) is 0.345. The van der Waals surface area contributed by atoms with Gasteiger partial charge in [0, 0.05) is 38.6 Å². The number of anilines is 5. The molecular weight excluding hydrogens is 412 g/mol. The van der Waals surface area contributed by atoms with Crippen molar-refractivity contribution < 1.29 is 0 Å². The highest BCUT2D eigenvalue weighted by Crippen LogP contribution is 2.31. The Bertz CT molecular complexity index is 865. The van der Waals surface area contributed by atoms with E-state index in [2.05, 4.69) is 47.5 Å². The normalized spacial score (nSPS) is 10.8. The molecule has 0 N–H and O–H groups in total. The van der Waals surface area contributed by atoms with E-state index < -0.39 is 0 Å². The first kappa shape index (κ1) is 24.4. The summed E-state index contributed by atoms with van der Waals surface area (Å²) in [5, 5.41) is 0. The molecule has 0 aliphatic rings. The van der Waals surface area contributed by atoms with Crippen LogP contribution in [0, 0.1) is 0 Å². The summed E-state index contributed by atoms with van der Waals surface area (Å²) in [5.74, 6) is 3.37. The summed E-state index contributed by atoms with van der Waals surface area (Å²) in [7, 11) is 0. The second-order valence-corrected chi connectivity index (χ2v) is 7.92. The van der Waals surface area contributed by atoms with Gasteiger partial charge in [-0.25, -0.2) is 14.9 Å². The highest BCUT2D eigenvalue weighted by atomic mass is 15.4. The van der Waals surface area contributed by atoms with E-state index in [1.807, 2.05) is 41.3 Å². The van der Waals surface area contributed by atoms with Crippen LogP contribution >= 0.6 is 0 Å². The van der Waals surface area contributed by atoms with Gasteiger partial charge in [-0.1, -0.05) is 39.8 Å². The van der Waals surface area contributed by atoms with Crippen LogP contribution in [0.1, 0.15) is 53.4 Å². The van der Waals surface area contributed by atoms with Crippen LogP contribution in [0.25, 0.3) is 0 Å². The fraction of sp³-hybridized carbons (Fsp3) is 0.480. The fourth-order valence-electron chi connectivity index (χ4n) is 3.72. The highest BCUT2D eigenvalue weighted by Gasteiger charge is 2.23. The van der Waals surface area contributed by atoms with Crippen LogP contribution in [0.5, 0.6) is 0 Å². The molecule has 3 aromatic rings. The van der Waals surface area contributed by atoms with E-state index in [1.54, 1.807) is 12.4 Å². The van der Waals surface area contributed by atoms with Crippen molar-refractivity contribution in [2.45, 2.75) is 53.4 Å². The van der Waals surface area contributed by atoms with E-state index in [1.165, 1.54) is 0 Å². The minimum atomic E-state index is 0.529. The lowest BCUT2D eigenvalue weighted by molar-refractivity contribution is 0.693. The van der Waals surface area contributed by atoms with Gasteiger partial charge in [-0.05, 0) is 49.9 Å². The zero-order chi connectivity index (χ0) is 23.5. The van der Waals surface area contributed by atoms with Crippen molar-refractivity contribution in [3.05, 3.63) is 48.8 Å². The summed E-state index contributed by atoms with van der Waals surface area (Å²) >= 11 is 0. The molecule has 0 fully saturated rings. The zero-order valence-electron chi connectivity index (χ0n) is 20.4. The van der Waals surface area contributed by atoms with E-state index in [4.69, 9.17) is 15.0 Å². The first-order valence-electron chi connectivity index (χ1n) is 12.1. The molecule has 0 saturated heterocycles. The highest BCUT2D eigenvalue weighted by molar-refractivity contribution is 5.68. The minimum absolute atomic E-state index is 0.529. The molecule has 0 bridgehead atoms. The Morgan fingerprint density at radius 3 is 1.27 bits per heavy atom. The van der Waals surface area contributed by atoms with Crippen LogP contribution in [0.15, 0.2) is 48.8 Å². The van der Waals surface area contributed by atoms with E-state index in [0.717, 1.165) is 63.5 Å². The van der Waals surface area contributed by atoms with Crippen molar-refractivity contribution in [1.82, 2.24) is 24.9 Å². The second kappa shape index (κ2) is 12.7. The summed E-state index contributed by atoms with van der Waals surface area (Å²) in [6, 6.07) is 11.6. The van der Waals surface area contributed by atoms with Crippen LogP contribution in [-0.2, 0) is 0 Å². The topological polar surface area (TPSA) is 74.2 Å². The maximum atomic E-state index is 4.95. The van der Waals surface area contributed by atoms with Crippen molar-refractivity contribution >= 4 is 29.5 Å². The Kier molecular flexibility index (Phi) is 9.35. The Morgan fingerprint density at radius 2 is 0.939 bits per heavy atom. The first-order valence-corrected chi connectivity index (χ1v) is 12.1. The molecule has 0 spiro atoms. The third-order valence-electron chi connectivity index (χ3n) is 5.10. The molecule has 0 aliphatic heterocycles. The Morgan fingerprint density at radius 1 is 0.545 bits per heavy atom. The lowest BCUT2D eigenvalue weighted by Crippen LogP contribution is -2.32. The molecule has 3 heterocycles. The van der Waals surface area contributed by atoms with Gasteiger partial charge in [-0.2, -0.15) is 15.0 Å². The van der Waals surface area contributed by atoms with Gasteiger partial charge in [-0.3, -0.25) is 0 Å². The van der Waals surface area contributed by atoms with Crippen molar-refractivity contribution in [1.29, 1.82) is 0 Å². The number of pyridine rings is 2. The van der Waals surface area contributed by atoms with Crippen LogP contribution in [0.4, 0.5) is 29.5 Å². The molecule has 0 aliphatic carbocycles. The number of hydrogen-bond acceptors (Lipinski definition) is 8. The number of aromatic nitrogens is 5. The van der Waals surface area contributed by atoms with Gasteiger partial charge in [0.25, 0.3) is 0 Å². The smallest absolute Gasteiger partial charge is 0.243 e. The van der Waals surface area contributed by atoms with Gasteiger partial charge in [-0.15, -0.1) is 0 Å². The minimum Gasteiger partial charge on any atom is -0.341 e. The second-order valence-electron chi connectivity index (χ2n) is 7.92. The average molecular weight is 449 g/mol. The molecule has 0 atom stereocenters.